The van der Waals surface area contributed by atoms with Crippen molar-refractivity contribution in [2.45, 2.75) is 26.2 Å². The Morgan fingerprint density at radius 2 is 2.25 bits per heavy atom. The molecule has 0 unspecified atom stereocenters. The van der Waals surface area contributed by atoms with Crippen molar-refractivity contribution in [3.63, 3.8) is 0 Å². The van der Waals surface area contributed by atoms with Crippen LogP contribution < -0.4 is 10.2 Å². The fraction of sp³-hybridized carbons (Fsp3) is 0.750. The van der Waals surface area contributed by atoms with E-state index in [2.05, 4.69) is 29.3 Å². The van der Waals surface area contributed by atoms with Crippen LogP contribution in [0.5, 0.6) is 0 Å². The molecule has 1 saturated carbocycles. The minimum absolute atomic E-state index is 0.936. The molecule has 0 saturated heterocycles. The van der Waals surface area contributed by atoms with E-state index < -0.39 is 0 Å². The zero-order chi connectivity index (χ0) is 11.1. The lowest BCUT2D eigenvalue weighted by atomic mass is 10.2. The molecule has 1 aromatic heterocycles. The van der Waals surface area contributed by atoms with Crippen LogP contribution in [0.25, 0.3) is 0 Å². The summed E-state index contributed by atoms with van der Waals surface area (Å²) in [5, 5.41) is 8.10. The number of hydrogen-bond donors (Lipinski definition) is 1. The van der Waals surface area contributed by atoms with Crippen LogP contribution >= 0.6 is 0 Å². The molecule has 2 aliphatic rings. The first-order valence-corrected chi connectivity index (χ1v) is 6.34. The van der Waals surface area contributed by atoms with Crippen LogP contribution in [0.15, 0.2) is 0 Å². The molecule has 4 nitrogen and oxygen atoms in total. The van der Waals surface area contributed by atoms with Crippen LogP contribution in [0.4, 0.5) is 11.5 Å². The Bertz CT molecular complexity index is 392. The van der Waals surface area contributed by atoms with E-state index >= 15 is 0 Å². The van der Waals surface area contributed by atoms with E-state index in [9.17, 15) is 0 Å². The van der Waals surface area contributed by atoms with Gasteiger partial charge in [-0.15, -0.1) is 0 Å². The minimum atomic E-state index is 0.936. The summed E-state index contributed by atoms with van der Waals surface area (Å²) in [6, 6.07) is 0. The first kappa shape index (κ1) is 10.00. The molecule has 0 radical (unpaired) electrons. The zero-order valence-corrected chi connectivity index (χ0v) is 10.2. The third-order valence-electron chi connectivity index (χ3n) is 3.58. The van der Waals surface area contributed by atoms with E-state index in [-0.39, 0.29) is 0 Å². The van der Waals surface area contributed by atoms with Crippen molar-refractivity contribution in [3.05, 3.63) is 5.69 Å². The van der Waals surface area contributed by atoms with Crippen molar-refractivity contribution in [3.8, 4) is 0 Å². The number of nitrogens with one attached hydrogen (secondary N) is 1. The van der Waals surface area contributed by atoms with Gasteiger partial charge in [-0.3, -0.25) is 4.68 Å². The Morgan fingerprint density at radius 1 is 1.44 bits per heavy atom. The Kier molecular flexibility index (Phi) is 2.30. The fourth-order valence-electron chi connectivity index (χ4n) is 2.57. The summed E-state index contributed by atoms with van der Waals surface area (Å²) >= 11 is 0. The summed E-state index contributed by atoms with van der Waals surface area (Å²) < 4.78 is 2.04. The molecule has 4 heteroatoms. The second-order valence-electron chi connectivity index (χ2n) is 4.94. The maximum Gasteiger partial charge on any atom is 0.150 e. The molecule has 0 spiro atoms. The average Bonchev–Trinajstić information content (AvgIpc) is 3.03. The van der Waals surface area contributed by atoms with Crippen LogP contribution in [-0.2, 0) is 13.5 Å². The predicted octanol–water partition coefficient (Wildman–Crippen LogP) is 1.62. The highest BCUT2D eigenvalue weighted by molar-refractivity contribution is 5.71. The summed E-state index contributed by atoms with van der Waals surface area (Å²) in [5.74, 6) is 2.24. The monoisotopic (exact) mass is 220 g/mol. The van der Waals surface area contributed by atoms with E-state index in [1.54, 1.807) is 0 Å². The molecule has 88 valence electrons. The molecule has 0 bridgehead atoms. The van der Waals surface area contributed by atoms with Gasteiger partial charge in [0.1, 0.15) is 5.69 Å². The maximum absolute atomic E-state index is 4.60. The van der Waals surface area contributed by atoms with Crippen molar-refractivity contribution >= 4 is 11.5 Å². The van der Waals surface area contributed by atoms with Crippen LogP contribution in [0.1, 0.15) is 25.5 Å². The molecule has 1 N–H and O–H groups in total. The third-order valence-corrected chi connectivity index (χ3v) is 3.58. The lowest BCUT2D eigenvalue weighted by Gasteiger charge is -2.30. The van der Waals surface area contributed by atoms with Gasteiger partial charge >= 0.3 is 0 Å². The number of anilines is 2. The topological polar surface area (TPSA) is 33.1 Å². The Morgan fingerprint density at radius 3 is 2.94 bits per heavy atom. The first-order chi connectivity index (χ1) is 7.79. The second kappa shape index (κ2) is 3.68. The molecule has 1 aliphatic heterocycles. The average molecular weight is 220 g/mol. The molecule has 2 heterocycles. The van der Waals surface area contributed by atoms with Gasteiger partial charge in [0.25, 0.3) is 0 Å². The molecular formula is C12H20N4. The molecule has 1 fully saturated rings. The summed E-state index contributed by atoms with van der Waals surface area (Å²) in [7, 11) is 2.06. The van der Waals surface area contributed by atoms with Gasteiger partial charge in [-0.25, -0.2) is 0 Å². The highest BCUT2D eigenvalue weighted by Gasteiger charge is 2.29. The minimum Gasteiger partial charge on any atom is -0.379 e. The van der Waals surface area contributed by atoms with Gasteiger partial charge in [-0.1, -0.05) is 6.92 Å². The van der Waals surface area contributed by atoms with E-state index in [1.807, 2.05) is 4.68 Å². The maximum atomic E-state index is 4.60. The van der Waals surface area contributed by atoms with Crippen molar-refractivity contribution < 1.29 is 0 Å². The summed E-state index contributed by atoms with van der Waals surface area (Å²) in [6.07, 6.45) is 3.84. The molecule has 3 rings (SSSR count). The molecule has 0 atom stereocenters. The molecular weight excluding hydrogens is 200 g/mol. The summed E-state index contributed by atoms with van der Waals surface area (Å²) in [6.45, 7) is 5.56. The standard InChI is InChI=1S/C12H20N4/c1-3-10-11-12(15(2)14-10)16(7-6-13-11)8-9-4-5-9/h9,13H,3-8H2,1-2H3. The quantitative estimate of drug-likeness (QED) is 0.840. The lowest BCUT2D eigenvalue weighted by Crippen LogP contribution is -2.36. The summed E-state index contributed by atoms with van der Waals surface area (Å²) in [5.41, 5.74) is 2.48. The lowest BCUT2D eigenvalue weighted by molar-refractivity contribution is 0.663. The smallest absolute Gasteiger partial charge is 0.150 e. The van der Waals surface area contributed by atoms with Gasteiger partial charge in [-0.05, 0) is 25.2 Å². The van der Waals surface area contributed by atoms with E-state index in [0.29, 0.717) is 0 Å². The van der Waals surface area contributed by atoms with Crippen LogP contribution in [-0.4, -0.2) is 29.4 Å². The highest BCUT2D eigenvalue weighted by Crippen LogP contribution is 2.36. The zero-order valence-electron chi connectivity index (χ0n) is 10.2. The van der Waals surface area contributed by atoms with Gasteiger partial charge in [0, 0.05) is 26.7 Å². The van der Waals surface area contributed by atoms with Crippen LogP contribution in [0.3, 0.4) is 0 Å². The van der Waals surface area contributed by atoms with Gasteiger partial charge in [0.05, 0.1) is 5.69 Å². The van der Waals surface area contributed by atoms with Crippen LogP contribution in [0.2, 0.25) is 0 Å². The van der Waals surface area contributed by atoms with E-state index in [0.717, 1.165) is 25.4 Å². The van der Waals surface area contributed by atoms with E-state index in [1.165, 1.54) is 36.6 Å². The molecule has 0 amide bonds. The largest absolute Gasteiger partial charge is 0.379 e. The second-order valence-corrected chi connectivity index (χ2v) is 4.94. The molecule has 1 aliphatic carbocycles. The number of fused-ring (bicyclic) bond motifs is 1. The Balaban J connectivity index is 1.93. The SMILES string of the molecule is CCc1nn(C)c2c1NCCN2CC1CC1. The fourth-order valence-corrected chi connectivity index (χ4v) is 2.57. The highest BCUT2D eigenvalue weighted by atomic mass is 15.4. The van der Waals surface area contributed by atoms with Gasteiger partial charge in [0.15, 0.2) is 5.82 Å². The first-order valence-electron chi connectivity index (χ1n) is 6.34. The van der Waals surface area contributed by atoms with Crippen molar-refractivity contribution in [2.24, 2.45) is 13.0 Å². The summed E-state index contributed by atoms with van der Waals surface area (Å²) in [4.78, 5) is 2.51. The van der Waals surface area contributed by atoms with Gasteiger partial charge < -0.3 is 10.2 Å². The predicted molar refractivity (Wildman–Crippen MR) is 66.0 cm³/mol. The number of rotatable bonds is 3. The molecule has 0 aromatic carbocycles. The Labute approximate surface area is 96.6 Å². The number of aromatic nitrogens is 2. The van der Waals surface area contributed by atoms with Gasteiger partial charge in [0.2, 0.25) is 0 Å². The number of hydrogen-bond acceptors (Lipinski definition) is 3. The van der Waals surface area contributed by atoms with Gasteiger partial charge in [-0.2, -0.15) is 5.10 Å². The number of aryl methyl sites for hydroxylation is 2. The Hall–Kier alpha value is -1.19. The van der Waals surface area contributed by atoms with Crippen molar-refractivity contribution in [2.75, 3.05) is 29.9 Å². The normalized spacial score (nSPS) is 19.5. The number of nitrogens with zero attached hydrogens (tertiary/aromatic N) is 3. The van der Waals surface area contributed by atoms with Crippen LogP contribution in [0, 0.1) is 5.92 Å². The molecule has 1 aromatic rings. The third kappa shape index (κ3) is 1.56. The van der Waals surface area contributed by atoms with E-state index in [4.69, 9.17) is 0 Å². The van der Waals surface area contributed by atoms with Crippen molar-refractivity contribution in [1.29, 1.82) is 0 Å². The van der Waals surface area contributed by atoms with Crippen molar-refractivity contribution in [1.82, 2.24) is 9.78 Å². The molecule has 16 heavy (non-hydrogen) atoms.